The molecule has 84 valence electrons. The molecule has 0 N–H and O–H groups in total. The largest absolute Gasteiger partial charge is 0.252 e. The first-order valence-corrected chi connectivity index (χ1v) is 5.23. The molecule has 0 fully saturated rings. The fourth-order valence-corrected chi connectivity index (χ4v) is 1.73. The van der Waals surface area contributed by atoms with E-state index in [4.69, 9.17) is 11.6 Å². The molecule has 3 rings (SSSR count). The number of nitrogens with zero attached hydrogens (tertiary/aromatic N) is 4. The van der Waals surface area contributed by atoms with Gasteiger partial charge < -0.3 is 0 Å². The van der Waals surface area contributed by atoms with Gasteiger partial charge >= 0.3 is 0 Å². The van der Waals surface area contributed by atoms with E-state index in [-0.39, 0.29) is 5.82 Å². The molecule has 3 aromatic rings. The van der Waals surface area contributed by atoms with Crippen LogP contribution in [0.4, 0.5) is 4.39 Å². The fourth-order valence-electron chi connectivity index (χ4n) is 1.56. The van der Waals surface area contributed by atoms with Crippen LogP contribution in [0.2, 0.25) is 5.02 Å². The summed E-state index contributed by atoms with van der Waals surface area (Å²) in [5.74, 6) is 0.0487. The topological polar surface area (TPSA) is 43.1 Å². The van der Waals surface area contributed by atoms with E-state index in [1.54, 1.807) is 12.3 Å². The number of fused-ring (bicyclic) bond motifs is 1. The van der Waals surface area contributed by atoms with Crippen LogP contribution >= 0.6 is 11.6 Å². The molecule has 0 aliphatic carbocycles. The quantitative estimate of drug-likeness (QED) is 0.665. The van der Waals surface area contributed by atoms with Crippen LogP contribution in [0.3, 0.4) is 0 Å². The Morgan fingerprint density at radius 2 is 2.12 bits per heavy atom. The third-order valence-electron chi connectivity index (χ3n) is 2.35. The molecule has 0 radical (unpaired) electrons. The van der Waals surface area contributed by atoms with Crippen LogP contribution in [-0.2, 0) is 0 Å². The van der Waals surface area contributed by atoms with Gasteiger partial charge in [0.05, 0.1) is 5.69 Å². The first kappa shape index (κ1) is 10.2. The van der Waals surface area contributed by atoms with Gasteiger partial charge in [-0.3, -0.25) is 0 Å². The molecule has 6 heteroatoms. The summed E-state index contributed by atoms with van der Waals surface area (Å²) < 4.78 is 15.1. The van der Waals surface area contributed by atoms with Gasteiger partial charge in [-0.15, -0.1) is 0 Å². The summed E-state index contributed by atoms with van der Waals surface area (Å²) in [6, 6.07) is 6.01. The average Bonchev–Trinajstić information content (AvgIpc) is 2.79. The van der Waals surface area contributed by atoms with Crippen molar-refractivity contribution in [3.63, 3.8) is 0 Å². The second-order valence-corrected chi connectivity index (χ2v) is 3.88. The van der Waals surface area contributed by atoms with Gasteiger partial charge in [-0.2, -0.15) is 10.1 Å². The van der Waals surface area contributed by atoms with Crippen molar-refractivity contribution in [2.75, 3.05) is 0 Å². The molecule has 2 aromatic heterocycles. The van der Waals surface area contributed by atoms with Crippen molar-refractivity contribution in [3.8, 4) is 11.3 Å². The van der Waals surface area contributed by atoms with E-state index in [0.29, 0.717) is 22.1 Å². The lowest BCUT2D eigenvalue weighted by atomic mass is 10.1. The third-order valence-corrected chi connectivity index (χ3v) is 2.59. The number of halogens is 2. The summed E-state index contributed by atoms with van der Waals surface area (Å²) in [6.45, 7) is 0. The van der Waals surface area contributed by atoms with E-state index >= 15 is 0 Å². The van der Waals surface area contributed by atoms with Crippen molar-refractivity contribution in [2.45, 2.75) is 0 Å². The summed E-state index contributed by atoms with van der Waals surface area (Å²) in [7, 11) is 0. The molecule has 0 saturated heterocycles. The maximum atomic E-state index is 13.6. The van der Waals surface area contributed by atoms with Crippen molar-refractivity contribution < 1.29 is 4.39 Å². The maximum Gasteiger partial charge on any atom is 0.252 e. The Hall–Kier alpha value is -2.01. The van der Waals surface area contributed by atoms with Gasteiger partial charge in [-0.1, -0.05) is 11.6 Å². The predicted octanol–water partition coefficient (Wildman–Crippen LogP) is 2.58. The van der Waals surface area contributed by atoms with Gasteiger partial charge in [0.2, 0.25) is 0 Å². The lowest BCUT2D eigenvalue weighted by Crippen LogP contribution is -1.94. The monoisotopic (exact) mass is 248 g/mol. The molecular weight excluding hydrogens is 243 g/mol. The Labute approximate surface area is 101 Å². The van der Waals surface area contributed by atoms with E-state index < -0.39 is 0 Å². The lowest BCUT2D eigenvalue weighted by Gasteiger charge is -2.03. The maximum absolute atomic E-state index is 13.6. The highest BCUT2D eigenvalue weighted by Gasteiger charge is 2.08. The van der Waals surface area contributed by atoms with E-state index in [2.05, 4.69) is 15.1 Å². The number of benzene rings is 1. The van der Waals surface area contributed by atoms with Gasteiger partial charge in [0, 0.05) is 16.8 Å². The molecule has 0 aliphatic rings. The van der Waals surface area contributed by atoms with Crippen molar-refractivity contribution in [1.29, 1.82) is 0 Å². The van der Waals surface area contributed by atoms with E-state index in [0.717, 1.165) is 0 Å². The third kappa shape index (κ3) is 1.74. The standard InChI is InChI=1S/C11H6ClFN4/c12-7-1-2-9(13)8(5-7)10-3-4-17-11(16-10)14-6-15-17/h1-6H. The number of aromatic nitrogens is 4. The van der Waals surface area contributed by atoms with Crippen LogP contribution < -0.4 is 0 Å². The van der Waals surface area contributed by atoms with Crippen LogP contribution in [-0.4, -0.2) is 19.6 Å². The van der Waals surface area contributed by atoms with Crippen molar-refractivity contribution in [2.24, 2.45) is 0 Å². The highest BCUT2D eigenvalue weighted by atomic mass is 35.5. The van der Waals surface area contributed by atoms with Gasteiger partial charge in [-0.25, -0.2) is 13.9 Å². The first-order valence-electron chi connectivity index (χ1n) is 4.86. The fraction of sp³-hybridized carbons (Fsp3) is 0. The minimum atomic E-state index is -0.370. The van der Waals surface area contributed by atoms with Crippen molar-refractivity contribution >= 4 is 17.4 Å². The van der Waals surface area contributed by atoms with Gasteiger partial charge in [-0.05, 0) is 24.3 Å². The van der Waals surface area contributed by atoms with Crippen LogP contribution in [0, 0.1) is 5.82 Å². The molecule has 0 atom stereocenters. The average molecular weight is 249 g/mol. The lowest BCUT2D eigenvalue weighted by molar-refractivity contribution is 0.630. The van der Waals surface area contributed by atoms with Crippen LogP contribution in [0.5, 0.6) is 0 Å². The van der Waals surface area contributed by atoms with Crippen LogP contribution in [0.1, 0.15) is 0 Å². The molecule has 0 unspecified atom stereocenters. The summed E-state index contributed by atoms with van der Waals surface area (Å²) in [4.78, 5) is 8.14. The second-order valence-electron chi connectivity index (χ2n) is 3.44. The van der Waals surface area contributed by atoms with E-state index in [1.165, 1.54) is 29.0 Å². The summed E-state index contributed by atoms with van der Waals surface area (Å²) in [6.07, 6.45) is 3.06. The minimum Gasteiger partial charge on any atom is -0.211 e. The molecule has 0 saturated carbocycles. The number of hydrogen-bond donors (Lipinski definition) is 0. The predicted molar refractivity (Wildman–Crippen MR) is 61.2 cm³/mol. The Kier molecular flexibility index (Phi) is 2.26. The van der Waals surface area contributed by atoms with E-state index in [9.17, 15) is 4.39 Å². The Balaban J connectivity index is 2.22. The van der Waals surface area contributed by atoms with E-state index in [1.807, 2.05) is 0 Å². The molecular formula is C11H6ClFN4. The van der Waals surface area contributed by atoms with Gasteiger partial charge in [0.1, 0.15) is 12.1 Å². The Bertz CT molecular complexity index is 695. The second kappa shape index (κ2) is 3.78. The van der Waals surface area contributed by atoms with Gasteiger partial charge in [0.15, 0.2) is 0 Å². The van der Waals surface area contributed by atoms with Gasteiger partial charge in [0.25, 0.3) is 5.78 Å². The molecule has 2 heterocycles. The number of rotatable bonds is 1. The Morgan fingerprint density at radius 3 is 3.00 bits per heavy atom. The molecule has 0 aliphatic heterocycles. The zero-order valence-electron chi connectivity index (χ0n) is 8.51. The molecule has 1 aromatic carbocycles. The van der Waals surface area contributed by atoms with Crippen molar-refractivity contribution in [1.82, 2.24) is 19.6 Å². The molecule has 0 amide bonds. The van der Waals surface area contributed by atoms with Crippen LogP contribution in [0.25, 0.3) is 17.0 Å². The normalized spacial score (nSPS) is 10.9. The van der Waals surface area contributed by atoms with Crippen molar-refractivity contribution in [3.05, 3.63) is 47.6 Å². The zero-order chi connectivity index (χ0) is 11.8. The number of hydrogen-bond acceptors (Lipinski definition) is 3. The van der Waals surface area contributed by atoms with Crippen LogP contribution in [0.15, 0.2) is 36.8 Å². The molecule has 0 spiro atoms. The SMILES string of the molecule is Fc1ccc(Cl)cc1-c1ccn2ncnc2n1. The summed E-state index contributed by atoms with van der Waals surface area (Å²) in [5.41, 5.74) is 0.827. The minimum absolute atomic E-state index is 0.350. The Morgan fingerprint density at radius 1 is 1.24 bits per heavy atom. The highest BCUT2D eigenvalue weighted by molar-refractivity contribution is 6.30. The molecule has 4 nitrogen and oxygen atoms in total. The first-order chi connectivity index (χ1) is 8.24. The molecule has 17 heavy (non-hydrogen) atoms. The molecule has 0 bridgehead atoms. The highest BCUT2D eigenvalue weighted by Crippen LogP contribution is 2.24. The summed E-state index contributed by atoms with van der Waals surface area (Å²) in [5, 5.41) is 4.38. The zero-order valence-corrected chi connectivity index (χ0v) is 9.26. The smallest absolute Gasteiger partial charge is 0.211 e. The summed E-state index contributed by atoms with van der Waals surface area (Å²) >= 11 is 5.84.